The molecule has 2 N–H and O–H groups in total. The van der Waals surface area contributed by atoms with Crippen molar-refractivity contribution in [3.8, 4) is 0 Å². The van der Waals surface area contributed by atoms with E-state index >= 15 is 0 Å². The van der Waals surface area contributed by atoms with Gasteiger partial charge in [-0.3, -0.25) is 4.79 Å². The highest BCUT2D eigenvalue weighted by Gasteiger charge is 2.29. The first-order chi connectivity index (χ1) is 11.5. The lowest BCUT2D eigenvalue weighted by Gasteiger charge is -2.15. The van der Waals surface area contributed by atoms with Gasteiger partial charge in [0, 0.05) is 24.5 Å². The molecule has 0 amide bonds. The zero-order chi connectivity index (χ0) is 17.4. The second-order valence-corrected chi connectivity index (χ2v) is 7.15. The highest BCUT2D eigenvalue weighted by molar-refractivity contribution is 7.99. The van der Waals surface area contributed by atoms with Gasteiger partial charge in [0.25, 0.3) is 0 Å². The second kappa shape index (κ2) is 7.95. The van der Waals surface area contributed by atoms with Crippen LogP contribution in [0.15, 0.2) is 22.0 Å². The number of benzene rings is 1. The quantitative estimate of drug-likeness (QED) is 0.566. The molecule has 1 aromatic carbocycles. The Kier molecular flexibility index (Phi) is 6.37. The molecule has 0 saturated heterocycles. The first kappa shape index (κ1) is 20.0. The number of carboxylic acids is 1. The van der Waals surface area contributed by atoms with E-state index in [0.29, 0.717) is 17.8 Å². The molecule has 1 heterocycles. The molecule has 9 heteroatoms. The molecular weight excluding hydrogens is 390 g/mol. The summed E-state index contributed by atoms with van der Waals surface area (Å²) in [5, 5.41) is 12.4. The van der Waals surface area contributed by atoms with E-state index in [0.717, 1.165) is 18.9 Å². The number of thioether (sulfide) groups is 1. The molecule has 0 radical (unpaired) electrons. The summed E-state index contributed by atoms with van der Waals surface area (Å²) < 4.78 is 16.2. The number of pyridine rings is 1. The monoisotopic (exact) mass is 406 g/mol. The number of nitrogens with one attached hydrogen (secondary N) is 1. The van der Waals surface area contributed by atoms with Crippen LogP contribution in [-0.4, -0.2) is 35.0 Å². The zero-order valence-corrected chi connectivity index (χ0v) is 15.7. The average molecular weight is 407 g/mol. The topological polar surface area (TPSA) is 71.3 Å². The summed E-state index contributed by atoms with van der Waals surface area (Å²) in [6.45, 7) is 0.686. The summed E-state index contributed by atoms with van der Waals surface area (Å²) in [7, 11) is 1.80. The van der Waals surface area contributed by atoms with E-state index in [2.05, 4.69) is 5.32 Å². The molecule has 2 aromatic rings. The van der Waals surface area contributed by atoms with Crippen LogP contribution >= 0.6 is 35.8 Å². The Labute approximate surface area is 159 Å². The van der Waals surface area contributed by atoms with Crippen molar-refractivity contribution >= 4 is 52.6 Å². The van der Waals surface area contributed by atoms with Crippen LogP contribution in [0.5, 0.6) is 0 Å². The second-order valence-electron chi connectivity index (χ2n) is 5.67. The Morgan fingerprint density at radius 3 is 2.76 bits per heavy atom. The van der Waals surface area contributed by atoms with Gasteiger partial charge in [0.05, 0.1) is 20.8 Å². The van der Waals surface area contributed by atoms with Gasteiger partial charge < -0.3 is 15.0 Å². The molecule has 0 spiro atoms. The maximum atomic E-state index is 14.4. The molecular formula is C16H17Cl2FN2O3S. The van der Waals surface area contributed by atoms with Gasteiger partial charge in [-0.15, -0.1) is 24.2 Å². The van der Waals surface area contributed by atoms with Crippen molar-refractivity contribution in [3.63, 3.8) is 0 Å². The predicted octanol–water partition coefficient (Wildman–Crippen LogP) is 3.56. The number of hydrogen-bond acceptors (Lipinski definition) is 4. The van der Waals surface area contributed by atoms with Crippen LogP contribution in [0.2, 0.25) is 5.02 Å². The Morgan fingerprint density at radius 1 is 1.52 bits per heavy atom. The van der Waals surface area contributed by atoms with Crippen LogP contribution in [0, 0.1) is 5.82 Å². The van der Waals surface area contributed by atoms with Crippen molar-refractivity contribution < 1.29 is 14.3 Å². The maximum Gasteiger partial charge on any atom is 0.341 e. The van der Waals surface area contributed by atoms with E-state index in [-0.39, 0.29) is 39.3 Å². The van der Waals surface area contributed by atoms with E-state index in [9.17, 15) is 19.1 Å². The van der Waals surface area contributed by atoms with Gasteiger partial charge in [-0.2, -0.15) is 0 Å². The lowest BCUT2D eigenvalue weighted by molar-refractivity contribution is 0.0695. The number of carboxylic acid groups (broad SMARTS) is 1. The summed E-state index contributed by atoms with van der Waals surface area (Å²) >= 11 is 7.69. The van der Waals surface area contributed by atoms with Crippen molar-refractivity contribution in [2.24, 2.45) is 0 Å². The molecule has 136 valence electrons. The normalized spacial score (nSPS) is 13.7. The van der Waals surface area contributed by atoms with Crippen LogP contribution in [0.1, 0.15) is 29.2 Å². The molecule has 0 bridgehead atoms. The molecule has 1 aliphatic carbocycles. The van der Waals surface area contributed by atoms with Crippen molar-refractivity contribution in [1.82, 2.24) is 9.88 Å². The molecule has 0 atom stereocenters. The fourth-order valence-electron chi connectivity index (χ4n) is 2.60. The molecule has 5 nitrogen and oxygen atoms in total. The van der Waals surface area contributed by atoms with Crippen LogP contribution in [0.4, 0.5) is 4.39 Å². The highest BCUT2D eigenvalue weighted by atomic mass is 35.5. The summed E-state index contributed by atoms with van der Waals surface area (Å²) in [5.41, 5.74) is -0.648. The van der Waals surface area contributed by atoms with Crippen molar-refractivity contribution in [3.05, 3.63) is 38.9 Å². The van der Waals surface area contributed by atoms with Crippen LogP contribution in [-0.2, 0) is 0 Å². The van der Waals surface area contributed by atoms with E-state index in [1.807, 2.05) is 0 Å². The maximum absolute atomic E-state index is 14.4. The Hall–Kier alpha value is -1.28. The first-order valence-corrected chi connectivity index (χ1v) is 8.89. The van der Waals surface area contributed by atoms with Gasteiger partial charge in [0.15, 0.2) is 0 Å². The summed E-state index contributed by atoms with van der Waals surface area (Å²) in [6, 6.07) is 1.21. The fraction of sp³-hybridized carbons (Fsp3) is 0.375. The molecule has 0 aliphatic heterocycles. The molecule has 25 heavy (non-hydrogen) atoms. The van der Waals surface area contributed by atoms with E-state index < -0.39 is 17.2 Å². The molecule has 1 saturated carbocycles. The van der Waals surface area contributed by atoms with Gasteiger partial charge in [0.2, 0.25) is 5.43 Å². The van der Waals surface area contributed by atoms with E-state index in [1.165, 1.54) is 18.0 Å². The number of rotatable bonds is 6. The predicted molar refractivity (Wildman–Crippen MR) is 100 cm³/mol. The van der Waals surface area contributed by atoms with Gasteiger partial charge in [0.1, 0.15) is 11.4 Å². The minimum absolute atomic E-state index is 0. The third-order valence-electron chi connectivity index (χ3n) is 3.94. The Bertz CT molecular complexity index is 884. The summed E-state index contributed by atoms with van der Waals surface area (Å²) in [4.78, 5) is 24.0. The number of nitrogens with zero attached hydrogens (tertiary/aromatic N) is 1. The standard InChI is InChI=1S/C16H16ClFN2O3S.ClH/c1-19-4-5-24-15-11(18)6-9-13(12(15)17)20(8-2-3-8)7-10(14(9)21)16(22)23;/h6-8,19H,2-5H2,1H3,(H,22,23);1H. The SMILES string of the molecule is CNCCSc1c(F)cc2c(=O)c(C(=O)O)cn(C3CC3)c2c1Cl.Cl. The summed E-state index contributed by atoms with van der Waals surface area (Å²) in [6.07, 6.45) is 3.09. The Morgan fingerprint density at radius 2 is 2.20 bits per heavy atom. The molecule has 1 aromatic heterocycles. The van der Waals surface area contributed by atoms with Gasteiger partial charge in [-0.05, 0) is 26.0 Å². The van der Waals surface area contributed by atoms with Gasteiger partial charge in [-0.1, -0.05) is 11.6 Å². The lowest BCUT2D eigenvalue weighted by Crippen LogP contribution is -2.19. The largest absolute Gasteiger partial charge is 0.477 e. The lowest BCUT2D eigenvalue weighted by atomic mass is 10.1. The number of carbonyl (C=O) groups is 1. The van der Waals surface area contributed by atoms with E-state index in [4.69, 9.17) is 11.6 Å². The first-order valence-electron chi connectivity index (χ1n) is 7.53. The van der Waals surface area contributed by atoms with Crippen molar-refractivity contribution in [2.75, 3.05) is 19.3 Å². The third kappa shape index (κ3) is 3.79. The minimum atomic E-state index is -1.32. The summed E-state index contributed by atoms with van der Waals surface area (Å²) in [5.74, 6) is -1.30. The minimum Gasteiger partial charge on any atom is -0.477 e. The van der Waals surface area contributed by atoms with Crippen molar-refractivity contribution in [1.29, 1.82) is 0 Å². The highest BCUT2D eigenvalue weighted by Crippen LogP contribution is 2.41. The van der Waals surface area contributed by atoms with Gasteiger partial charge >= 0.3 is 5.97 Å². The van der Waals surface area contributed by atoms with Crippen molar-refractivity contribution in [2.45, 2.75) is 23.8 Å². The van der Waals surface area contributed by atoms with Crippen LogP contribution < -0.4 is 10.7 Å². The average Bonchev–Trinajstić information content (AvgIpc) is 3.36. The molecule has 1 fully saturated rings. The third-order valence-corrected chi connectivity index (χ3v) is 5.51. The molecule has 1 aliphatic rings. The van der Waals surface area contributed by atoms with Crippen LogP contribution in [0.3, 0.4) is 0 Å². The number of hydrogen-bond donors (Lipinski definition) is 2. The number of fused-ring (bicyclic) bond motifs is 1. The smallest absolute Gasteiger partial charge is 0.341 e. The number of halogens is 3. The molecule has 3 rings (SSSR count). The zero-order valence-electron chi connectivity index (χ0n) is 13.3. The number of aromatic carboxylic acids is 1. The van der Waals surface area contributed by atoms with Gasteiger partial charge in [-0.25, -0.2) is 9.18 Å². The fourth-order valence-corrected chi connectivity index (χ4v) is 3.99. The van der Waals surface area contributed by atoms with Crippen LogP contribution in [0.25, 0.3) is 10.9 Å². The molecule has 0 unspecified atom stereocenters. The van der Waals surface area contributed by atoms with E-state index in [1.54, 1.807) is 11.6 Å². The Balaban J connectivity index is 0.00000225. The number of aromatic nitrogens is 1.